The smallest absolute Gasteiger partial charge is 0.336 e. The van der Waals surface area contributed by atoms with Gasteiger partial charge in [0.25, 0.3) is 0 Å². The molecule has 1 N–H and O–H groups in total. The fourth-order valence-corrected chi connectivity index (χ4v) is 2.75. The van der Waals surface area contributed by atoms with Crippen molar-refractivity contribution in [3.8, 4) is 11.3 Å². The summed E-state index contributed by atoms with van der Waals surface area (Å²) >= 11 is 6.23. The molecule has 2 aromatic carbocycles. The van der Waals surface area contributed by atoms with Crippen LogP contribution >= 0.6 is 11.6 Å². The molecule has 0 atom stereocenters. The third-order valence-electron chi connectivity index (χ3n) is 3.89. The van der Waals surface area contributed by atoms with Crippen LogP contribution in [0.25, 0.3) is 22.2 Å². The first kappa shape index (κ1) is 14.5. The fraction of sp³-hybridized carbons (Fsp3) is 0.111. The van der Waals surface area contributed by atoms with Gasteiger partial charge in [-0.1, -0.05) is 41.9 Å². The lowest BCUT2D eigenvalue weighted by Gasteiger charge is -2.11. The fourth-order valence-electron chi connectivity index (χ4n) is 2.51. The van der Waals surface area contributed by atoms with Gasteiger partial charge >= 0.3 is 5.97 Å². The summed E-state index contributed by atoms with van der Waals surface area (Å²) in [5, 5.41) is 10.7. The summed E-state index contributed by atoms with van der Waals surface area (Å²) in [6.07, 6.45) is 0. The van der Waals surface area contributed by atoms with Gasteiger partial charge in [0.05, 0.1) is 16.8 Å². The van der Waals surface area contributed by atoms with E-state index < -0.39 is 5.97 Å². The monoisotopic (exact) mass is 311 g/mol. The van der Waals surface area contributed by atoms with E-state index in [9.17, 15) is 9.90 Å². The Balaban J connectivity index is 2.41. The second-order valence-corrected chi connectivity index (χ2v) is 5.65. The number of rotatable bonds is 2. The van der Waals surface area contributed by atoms with Crippen LogP contribution in [-0.4, -0.2) is 16.1 Å². The van der Waals surface area contributed by atoms with Crippen LogP contribution < -0.4 is 0 Å². The number of halogens is 1. The number of nitrogens with zero attached hydrogens (tertiary/aromatic N) is 1. The molecule has 0 fully saturated rings. The van der Waals surface area contributed by atoms with Crippen molar-refractivity contribution < 1.29 is 9.90 Å². The molecule has 1 heterocycles. The topological polar surface area (TPSA) is 50.2 Å². The molecule has 0 aliphatic heterocycles. The SMILES string of the molecule is Cc1ccc2c(C(=O)O)cc(-c3ccccc3Cl)nc2c1C. The van der Waals surface area contributed by atoms with E-state index in [0.717, 1.165) is 16.7 Å². The molecule has 0 saturated carbocycles. The number of pyridine rings is 1. The number of aromatic carboxylic acids is 1. The molecule has 0 aliphatic carbocycles. The number of aromatic nitrogens is 1. The Morgan fingerprint density at radius 2 is 1.86 bits per heavy atom. The molecule has 3 rings (SSSR count). The number of hydrogen-bond donors (Lipinski definition) is 1. The predicted molar refractivity (Wildman–Crippen MR) is 88.6 cm³/mol. The van der Waals surface area contributed by atoms with Crippen molar-refractivity contribution in [2.24, 2.45) is 0 Å². The van der Waals surface area contributed by atoms with Gasteiger partial charge in [0.2, 0.25) is 0 Å². The molecular formula is C18H14ClNO2. The summed E-state index contributed by atoms with van der Waals surface area (Å²) in [7, 11) is 0. The van der Waals surface area contributed by atoms with Crippen LogP contribution in [0.4, 0.5) is 0 Å². The number of hydrogen-bond acceptors (Lipinski definition) is 2. The maximum Gasteiger partial charge on any atom is 0.336 e. The quantitative estimate of drug-likeness (QED) is 0.734. The Kier molecular flexibility index (Phi) is 3.59. The highest BCUT2D eigenvalue weighted by atomic mass is 35.5. The Morgan fingerprint density at radius 1 is 1.14 bits per heavy atom. The number of carboxylic acids is 1. The summed E-state index contributed by atoms with van der Waals surface area (Å²) in [6, 6.07) is 12.6. The van der Waals surface area contributed by atoms with E-state index in [0.29, 0.717) is 21.6 Å². The van der Waals surface area contributed by atoms with Crippen LogP contribution in [0.2, 0.25) is 5.02 Å². The van der Waals surface area contributed by atoms with Crippen molar-refractivity contribution in [1.29, 1.82) is 0 Å². The van der Waals surface area contributed by atoms with E-state index in [1.54, 1.807) is 12.1 Å². The van der Waals surface area contributed by atoms with Crippen LogP contribution in [0.15, 0.2) is 42.5 Å². The average molecular weight is 312 g/mol. The highest BCUT2D eigenvalue weighted by Crippen LogP contribution is 2.31. The molecule has 3 nitrogen and oxygen atoms in total. The third kappa shape index (κ3) is 2.34. The Hall–Kier alpha value is -2.39. The van der Waals surface area contributed by atoms with Gasteiger partial charge in [-0.25, -0.2) is 9.78 Å². The number of carboxylic acid groups (broad SMARTS) is 1. The minimum Gasteiger partial charge on any atom is -0.478 e. The molecule has 4 heteroatoms. The molecule has 0 saturated heterocycles. The molecule has 0 spiro atoms. The maximum atomic E-state index is 11.6. The lowest BCUT2D eigenvalue weighted by molar-refractivity contribution is 0.0699. The lowest BCUT2D eigenvalue weighted by Crippen LogP contribution is -2.02. The van der Waals surface area contributed by atoms with E-state index >= 15 is 0 Å². The zero-order chi connectivity index (χ0) is 15.9. The van der Waals surface area contributed by atoms with Crippen LogP contribution in [-0.2, 0) is 0 Å². The molecule has 0 radical (unpaired) electrons. The Bertz CT molecular complexity index is 903. The minimum absolute atomic E-state index is 0.239. The van der Waals surface area contributed by atoms with Gasteiger partial charge in [0, 0.05) is 16.0 Å². The number of benzene rings is 2. The Labute approximate surface area is 133 Å². The van der Waals surface area contributed by atoms with Crippen molar-refractivity contribution in [1.82, 2.24) is 4.98 Å². The highest BCUT2D eigenvalue weighted by molar-refractivity contribution is 6.33. The number of fused-ring (bicyclic) bond motifs is 1. The van der Waals surface area contributed by atoms with Gasteiger partial charge in [-0.2, -0.15) is 0 Å². The van der Waals surface area contributed by atoms with Gasteiger partial charge in [0.15, 0.2) is 0 Å². The maximum absolute atomic E-state index is 11.6. The molecule has 110 valence electrons. The largest absolute Gasteiger partial charge is 0.478 e. The standard InChI is InChI=1S/C18H14ClNO2/c1-10-7-8-12-14(18(21)22)9-16(20-17(12)11(10)2)13-5-3-4-6-15(13)19/h3-9H,1-2H3,(H,21,22). The van der Waals surface area contributed by atoms with E-state index in [2.05, 4.69) is 4.98 Å². The van der Waals surface area contributed by atoms with Crippen molar-refractivity contribution in [3.05, 3.63) is 64.2 Å². The summed E-state index contributed by atoms with van der Waals surface area (Å²) in [4.78, 5) is 16.3. The number of aryl methyl sites for hydroxylation is 2. The first-order valence-corrected chi connectivity index (χ1v) is 7.26. The average Bonchev–Trinajstić information content (AvgIpc) is 2.50. The molecule has 22 heavy (non-hydrogen) atoms. The lowest BCUT2D eigenvalue weighted by atomic mass is 9.99. The molecule has 3 aromatic rings. The van der Waals surface area contributed by atoms with E-state index in [4.69, 9.17) is 11.6 Å². The van der Waals surface area contributed by atoms with Crippen LogP contribution in [0.5, 0.6) is 0 Å². The summed E-state index contributed by atoms with van der Waals surface area (Å²) < 4.78 is 0. The van der Waals surface area contributed by atoms with Crippen LogP contribution in [0, 0.1) is 13.8 Å². The van der Waals surface area contributed by atoms with Crippen molar-refractivity contribution in [2.45, 2.75) is 13.8 Å². The second-order valence-electron chi connectivity index (χ2n) is 5.24. The summed E-state index contributed by atoms with van der Waals surface area (Å²) in [5.41, 5.74) is 4.30. The van der Waals surface area contributed by atoms with Gasteiger partial charge in [-0.15, -0.1) is 0 Å². The first-order valence-electron chi connectivity index (χ1n) is 6.88. The zero-order valence-corrected chi connectivity index (χ0v) is 13.0. The minimum atomic E-state index is -0.969. The molecule has 0 bridgehead atoms. The highest BCUT2D eigenvalue weighted by Gasteiger charge is 2.16. The molecule has 0 amide bonds. The second kappa shape index (κ2) is 5.43. The van der Waals surface area contributed by atoms with Gasteiger partial charge < -0.3 is 5.11 Å². The zero-order valence-electron chi connectivity index (χ0n) is 12.2. The predicted octanol–water partition coefficient (Wildman–Crippen LogP) is 4.87. The van der Waals surface area contributed by atoms with E-state index in [1.165, 1.54) is 0 Å². The van der Waals surface area contributed by atoms with E-state index in [-0.39, 0.29) is 5.56 Å². The Morgan fingerprint density at radius 3 is 2.55 bits per heavy atom. The molecular weight excluding hydrogens is 298 g/mol. The van der Waals surface area contributed by atoms with Crippen LogP contribution in [0.1, 0.15) is 21.5 Å². The first-order chi connectivity index (χ1) is 10.5. The van der Waals surface area contributed by atoms with Crippen molar-refractivity contribution in [3.63, 3.8) is 0 Å². The normalized spacial score (nSPS) is 10.9. The number of carbonyl (C=O) groups is 1. The summed E-state index contributed by atoms with van der Waals surface area (Å²) in [5.74, 6) is -0.969. The van der Waals surface area contributed by atoms with Crippen LogP contribution in [0.3, 0.4) is 0 Å². The molecule has 1 aromatic heterocycles. The molecule has 0 unspecified atom stereocenters. The summed E-state index contributed by atoms with van der Waals surface area (Å²) in [6.45, 7) is 3.94. The van der Waals surface area contributed by atoms with E-state index in [1.807, 2.05) is 44.2 Å². The van der Waals surface area contributed by atoms with Crippen molar-refractivity contribution in [2.75, 3.05) is 0 Å². The third-order valence-corrected chi connectivity index (χ3v) is 4.22. The van der Waals surface area contributed by atoms with Gasteiger partial charge in [-0.05, 0) is 37.1 Å². The van der Waals surface area contributed by atoms with Crippen molar-refractivity contribution >= 4 is 28.5 Å². The van der Waals surface area contributed by atoms with Gasteiger partial charge in [-0.3, -0.25) is 0 Å². The molecule has 0 aliphatic rings. The van der Waals surface area contributed by atoms with Gasteiger partial charge in [0.1, 0.15) is 0 Å².